The fourth-order valence-electron chi connectivity index (χ4n) is 2.64. The minimum Gasteiger partial charge on any atom is -0.479 e. The van der Waals surface area contributed by atoms with Gasteiger partial charge in [-0.15, -0.1) is 0 Å². The van der Waals surface area contributed by atoms with Crippen LogP contribution in [0.3, 0.4) is 0 Å². The van der Waals surface area contributed by atoms with Crippen LogP contribution in [-0.2, 0) is 16.1 Å². The Bertz CT molecular complexity index is 593. The van der Waals surface area contributed by atoms with Gasteiger partial charge in [0.1, 0.15) is 5.60 Å². The Hall–Kier alpha value is -2.25. The van der Waals surface area contributed by atoms with Gasteiger partial charge in [0.25, 0.3) is 0 Å². The van der Waals surface area contributed by atoms with Crippen molar-refractivity contribution < 1.29 is 19.4 Å². The average molecular weight is 324 g/mol. The summed E-state index contributed by atoms with van der Waals surface area (Å²) in [6, 6.07) is 0. The molecule has 2 heterocycles. The Labute approximate surface area is 135 Å². The third-order valence-corrected chi connectivity index (χ3v) is 3.74. The summed E-state index contributed by atoms with van der Waals surface area (Å²) in [5, 5.41) is 12.2. The van der Waals surface area contributed by atoms with Crippen molar-refractivity contribution in [1.29, 1.82) is 0 Å². The van der Waals surface area contributed by atoms with E-state index >= 15 is 0 Å². The molecule has 0 aliphatic carbocycles. The maximum atomic E-state index is 12.0. The molecule has 1 fully saturated rings. The van der Waals surface area contributed by atoms with Crippen LogP contribution >= 0.6 is 0 Å². The number of hydrogen-bond donors (Lipinski definition) is 2. The fraction of sp³-hybridized carbons (Fsp3) is 0.667. The molecule has 2 N–H and O–H groups in total. The summed E-state index contributed by atoms with van der Waals surface area (Å²) in [6.45, 7) is 8.59. The first-order chi connectivity index (χ1) is 10.7. The van der Waals surface area contributed by atoms with Gasteiger partial charge in [0.15, 0.2) is 5.54 Å². The van der Waals surface area contributed by atoms with E-state index in [0.717, 1.165) is 6.54 Å². The third-order valence-electron chi connectivity index (χ3n) is 3.74. The number of rotatable bonds is 4. The summed E-state index contributed by atoms with van der Waals surface area (Å²) in [7, 11) is 0. The Morgan fingerprint density at radius 2 is 2.17 bits per heavy atom. The first kappa shape index (κ1) is 17.1. The SMILES string of the molecule is CCn1ccnc1N1CCC(NC(=O)OC(C)(C)C)(C(=O)O)C1. The van der Waals surface area contributed by atoms with Crippen molar-refractivity contribution in [3.05, 3.63) is 12.4 Å². The number of aliphatic carboxylic acids is 1. The number of hydrogen-bond acceptors (Lipinski definition) is 5. The van der Waals surface area contributed by atoms with Crippen LogP contribution in [0.2, 0.25) is 0 Å². The van der Waals surface area contributed by atoms with E-state index in [0.29, 0.717) is 12.5 Å². The molecule has 1 aliphatic rings. The van der Waals surface area contributed by atoms with Gasteiger partial charge in [0.2, 0.25) is 5.95 Å². The van der Waals surface area contributed by atoms with Gasteiger partial charge in [-0.3, -0.25) is 0 Å². The Morgan fingerprint density at radius 3 is 2.74 bits per heavy atom. The fourth-order valence-corrected chi connectivity index (χ4v) is 2.64. The van der Waals surface area contributed by atoms with E-state index in [9.17, 15) is 14.7 Å². The zero-order chi connectivity index (χ0) is 17.3. The van der Waals surface area contributed by atoms with Crippen LogP contribution in [0.25, 0.3) is 0 Å². The number of carbonyl (C=O) groups excluding carboxylic acids is 1. The number of carboxylic acid groups (broad SMARTS) is 1. The predicted molar refractivity (Wildman–Crippen MR) is 84.5 cm³/mol. The molecule has 128 valence electrons. The lowest BCUT2D eigenvalue weighted by Crippen LogP contribution is -2.57. The van der Waals surface area contributed by atoms with Crippen LogP contribution < -0.4 is 10.2 Å². The van der Waals surface area contributed by atoms with Crippen LogP contribution in [0.1, 0.15) is 34.1 Å². The van der Waals surface area contributed by atoms with E-state index < -0.39 is 23.2 Å². The highest BCUT2D eigenvalue weighted by atomic mass is 16.6. The van der Waals surface area contributed by atoms with Crippen LogP contribution in [-0.4, -0.2) is 50.9 Å². The Balaban J connectivity index is 2.14. The molecule has 0 radical (unpaired) electrons. The van der Waals surface area contributed by atoms with E-state index in [4.69, 9.17) is 4.74 Å². The Kier molecular flexibility index (Phi) is 4.53. The highest BCUT2D eigenvalue weighted by molar-refractivity contribution is 5.86. The van der Waals surface area contributed by atoms with Crippen molar-refractivity contribution in [2.45, 2.75) is 51.8 Å². The maximum Gasteiger partial charge on any atom is 0.408 e. The summed E-state index contributed by atoms with van der Waals surface area (Å²) in [5.41, 5.74) is -2.05. The summed E-state index contributed by atoms with van der Waals surface area (Å²) >= 11 is 0. The number of imidazole rings is 1. The van der Waals surface area contributed by atoms with Gasteiger partial charge in [0.05, 0.1) is 6.54 Å². The summed E-state index contributed by atoms with van der Waals surface area (Å²) < 4.78 is 7.13. The summed E-state index contributed by atoms with van der Waals surface area (Å²) in [6.07, 6.45) is 3.09. The predicted octanol–water partition coefficient (Wildman–Crippen LogP) is 1.46. The van der Waals surface area contributed by atoms with E-state index in [1.54, 1.807) is 27.0 Å². The number of amides is 1. The number of aromatic nitrogens is 2. The lowest BCUT2D eigenvalue weighted by molar-refractivity contribution is -0.143. The normalized spacial score (nSPS) is 21.3. The van der Waals surface area contributed by atoms with Gasteiger partial charge in [-0.2, -0.15) is 0 Å². The molecule has 1 aromatic rings. The molecule has 0 aromatic carbocycles. The van der Waals surface area contributed by atoms with E-state index in [2.05, 4.69) is 10.3 Å². The summed E-state index contributed by atoms with van der Waals surface area (Å²) in [4.78, 5) is 29.9. The molecular weight excluding hydrogens is 300 g/mol. The standard InChI is InChI=1S/C15H24N4O4/c1-5-18-9-7-16-12(18)19-8-6-15(10-19,11(20)21)17-13(22)23-14(2,3)4/h7,9H,5-6,8,10H2,1-4H3,(H,17,22)(H,20,21). The largest absolute Gasteiger partial charge is 0.479 e. The molecule has 2 rings (SSSR count). The smallest absolute Gasteiger partial charge is 0.408 e. The van der Waals surface area contributed by atoms with Crippen molar-refractivity contribution >= 4 is 18.0 Å². The van der Waals surface area contributed by atoms with Crippen LogP contribution in [0.4, 0.5) is 10.7 Å². The molecule has 1 atom stereocenters. The zero-order valence-electron chi connectivity index (χ0n) is 14.0. The molecule has 1 amide bonds. The topological polar surface area (TPSA) is 96.7 Å². The van der Waals surface area contributed by atoms with Crippen LogP contribution in [0, 0.1) is 0 Å². The van der Waals surface area contributed by atoms with E-state index in [1.807, 2.05) is 22.6 Å². The van der Waals surface area contributed by atoms with Gasteiger partial charge in [-0.1, -0.05) is 0 Å². The number of carbonyl (C=O) groups is 2. The average Bonchev–Trinajstić information content (AvgIpc) is 3.02. The van der Waals surface area contributed by atoms with Gasteiger partial charge in [-0.05, 0) is 27.7 Å². The number of aryl methyl sites for hydroxylation is 1. The molecular formula is C15H24N4O4. The monoisotopic (exact) mass is 324 g/mol. The first-order valence-electron chi connectivity index (χ1n) is 7.67. The van der Waals surface area contributed by atoms with E-state index in [-0.39, 0.29) is 13.0 Å². The molecule has 8 nitrogen and oxygen atoms in total. The van der Waals surface area contributed by atoms with Crippen LogP contribution in [0.5, 0.6) is 0 Å². The first-order valence-corrected chi connectivity index (χ1v) is 7.67. The number of anilines is 1. The van der Waals surface area contributed by atoms with Gasteiger partial charge in [0, 0.05) is 31.9 Å². The second kappa shape index (κ2) is 6.10. The Morgan fingerprint density at radius 1 is 1.48 bits per heavy atom. The molecule has 1 aliphatic heterocycles. The maximum absolute atomic E-state index is 12.0. The highest BCUT2D eigenvalue weighted by Crippen LogP contribution is 2.27. The summed E-state index contributed by atoms with van der Waals surface area (Å²) in [5.74, 6) is -0.359. The molecule has 8 heteroatoms. The zero-order valence-corrected chi connectivity index (χ0v) is 14.0. The second-order valence-corrected chi connectivity index (χ2v) is 6.70. The van der Waals surface area contributed by atoms with Crippen LogP contribution in [0.15, 0.2) is 12.4 Å². The molecule has 0 saturated carbocycles. The molecule has 23 heavy (non-hydrogen) atoms. The van der Waals surface area contributed by atoms with Crippen molar-refractivity contribution in [3.63, 3.8) is 0 Å². The quantitative estimate of drug-likeness (QED) is 0.870. The van der Waals surface area contributed by atoms with Crippen molar-refractivity contribution in [1.82, 2.24) is 14.9 Å². The minimum atomic E-state index is -1.37. The van der Waals surface area contributed by atoms with Gasteiger partial charge in [-0.25, -0.2) is 14.6 Å². The number of nitrogens with one attached hydrogen (secondary N) is 1. The van der Waals surface area contributed by atoms with Crippen molar-refractivity contribution in [3.8, 4) is 0 Å². The van der Waals surface area contributed by atoms with Crippen molar-refractivity contribution in [2.75, 3.05) is 18.0 Å². The number of ether oxygens (including phenoxy) is 1. The van der Waals surface area contributed by atoms with Crippen molar-refractivity contribution in [2.24, 2.45) is 0 Å². The number of alkyl carbamates (subject to hydrolysis) is 1. The second-order valence-electron chi connectivity index (χ2n) is 6.70. The van der Waals surface area contributed by atoms with Gasteiger partial charge < -0.3 is 24.6 Å². The lowest BCUT2D eigenvalue weighted by Gasteiger charge is -2.28. The lowest BCUT2D eigenvalue weighted by atomic mass is 9.99. The molecule has 0 bridgehead atoms. The minimum absolute atomic E-state index is 0.151. The number of nitrogens with zero attached hydrogens (tertiary/aromatic N) is 3. The van der Waals surface area contributed by atoms with E-state index in [1.165, 1.54) is 0 Å². The number of carboxylic acids is 1. The van der Waals surface area contributed by atoms with Gasteiger partial charge >= 0.3 is 12.1 Å². The molecule has 1 unspecified atom stereocenters. The third kappa shape index (κ3) is 3.75. The highest BCUT2D eigenvalue weighted by Gasteiger charge is 2.47. The molecule has 0 spiro atoms. The molecule has 1 saturated heterocycles. The molecule has 1 aromatic heterocycles.